The van der Waals surface area contributed by atoms with E-state index in [-0.39, 0.29) is 0 Å². The van der Waals surface area contributed by atoms with Crippen molar-refractivity contribution < 1.29 is 14.3 Å². The first-order valence-corrected chi connectivity index (χ1v) is 8.63. The van der Waals surface area contributed by atoms with Gasteiger partial charge in [0.2, 0.25) is 0 Å². The monoisotopic (exact) mass is 373 g/mol. The standard InChI is InChI=1S/C19H20ClN3O3/c1-4-26-19(24)18-15(7-8-17-22-12(2)11-23(17)18)21-10-13-5-6-14(20)9-16(13)25-3/h5-9,11,21H,4,10H2,1-3H3. The van der Waals surface area contributed by atoms with Gasteiger partial charge in [-0.3, -0.25) is 4.40 Å². The number of benzene rings is 1. The molecule has 3 aromatic rings. The van der Waals surface area contributed by atoms with Crippen LogP contribution in [0.25, 0.3) is 5.65 Å². The molecule has 0 aliphatic rings. The Labute approximate surface area is 156 Å². The van der Waals surface area contributed by atoms with Gasteiger partial charge in [-0.15, -0.1) is 0 Å². The molecule has 0 saturated heterocycles. The number of pyridine rings is 1. The lowest BCUT2D eigenvalue weighted by molar-refractivity contribution is 0.0519. The first-order valence-electron chi connectivity index (χ1n) is 8.25. The number of anilines is 1. The third kappa shape index (κ3) is 3.60. The number of rotatable bonds is 6. The van der Waals surface area contributed by atoms with E-state index < -0.39 is 5.97 Å². The van der Waals surface area contributed by atoms with Crippen LogP contribution in [0.3, 0.4) is 0 Å². The maximum atomic E-state index is 12.5. The minimum atomic E-state index is -0.402. The maximum absolute atomic E-state index is 12.5. The normalized spacial score (nSPS) is 10.8. The van der Waals surface area contributed by atoms with Gasteiger partial charge in [0.1, 0.15) is 11.4 Å². The summed E-state index contributed by atoms with van der Waals surface area (Å²) in [5.74, 6) is 0.281. The molecule has 0 radical (unpaired) electrons. The number of nitrogens with one attached hydrogen (secondary N) is 1. The van der Waals surface area contributed by atoms with Gasteiger partial charge in [0.25, 0.3) is 0 Å². The molecular formula is C19H20ClN3O3. The van der Waals surface area contributed by atoms with Crippen LogP contribution >= 0.6 is 11.6 Å². The Bertz CT molecular complexity index is 953. The Morgan fingerprint density at radius 3 is 2.85 bits per heavy atom. The van der Waals surface area contributed by atoms with Gasteiger partial charge in [0, 0.05) is 23.3 Å². The second-order valence-electron chi connectivity index (χ2n) is 5.74. The molecule has 0 aliphatic carbocycles. The second kappa shape index (κ2) is 7.66. The summed E-state index contributed by atoms with van der Waals surface area (Å²) in [6.45, 7) is 4.43. The molecule has 1 aromatic carbocycles. The fourth-order valence-electron chi connectivity index (χ4n) is 2.78. The third-order valence-corrected chi connectivity index (χ3v) is 4.17. The maximum Gasteiger partial charge on any atom is 0.357 e. The molecule has 0 aliphatic heterocycles. The van der Waals surface area contributed by atoms with E-state index in [0.717, 1.165) is 11.3 Å². The smallest absolute Gasteiger partial charge is 0.357 e. The molecule has 2 heterocycles. The lowest BCUT2D eigenvalue weighted by Gasteiger charge is -2.15. The third-order valence-electron chi connectivity index (χ3n) is 3.94. The topological polar surface area (TPSA) is 64.9 Å². The zero-order chi connectivity index (χ0) is 18.7. The number of hydrogen-bond donors (Lipinski definition) is 1. The molecule has 0 unspecified atom stereocenters. The summed E-state index contributed by atoms with van der Waals surface area (Å²) < 4.78 is 12.3. The number of carbonyl (C=O) groups is 1. The summed E-state index contributed by atoms with van der Waals surface area (Å²) in [5.41, 5.74) is 3.52. The highest BCUT2D eigenvalue weighted by molar-refractivity contribution is 6.30. The SMILES string of the molecule is CCOC(=O)c1c(NCc2ccc(Cl)cc2OC)ccc2nc(C)cn12. The van der Waals surface area contributed by atoms with Crippen molar-refractivity contribution in [2.24, 2.45) is 0 Å². The quantitative estimate of drug-likeness (QED) is 0.659. The van der Waals surface area contributed by atoms with Crippen molar-refractivity contribution in [3.05, 3.63) is 58.5 Å². The number of hydrogen-bond acceptors (Lipinski definition) is 5. The van der Waals surface area contributed by atoms with Gasteiger partial charge in [0.15, 0.2) is 5.69 Å². The van der Waals surface area contributed by atoms with Crippen LogP contribution in [-0.4, -0.2) is 29.1 Å². The van der Waals surface area contributed by atoms with Gasteiger partial charge in [0.05, 0.1) is 25.1 Å². The molecule has 136 valence electrons. The minimum absolute atomic E-state index is 0.299. The number of methoxy groups -OCH3 is 1. The highest BCUT2D eigenvalue weighted by Crippen LogP contribution is 2.26. The first-order chi connectivity index (χ1) is 12.5. The van der Waals surface area contributed by atoms with E-state index in [1.807, 2.05) is 31.3 Å². The van der Waals surface area contributed by atoms with Gasteiger partial charge in [-0.25, -0.2) is 9.78 Å². The predicted molar refractivity (Wildman–Crippen MR) is 101 cm³/mol. The summed E-state index contributed by atoms with van der Waals surface area (Å²) in [7, 11) is 1.60. The van der Waals surface area contributed by atoms with E-state index >= 15 is 0 Å². The summed E-state index contributed by atoms with van der Waals surface area (Å²) >= 11 is 6.01. The number of ether oxygens (including phenoxy) is 2. The van der Waals surface area contributed by atoms with Crippen LogP contribution in [0.4, 0.5) is 5.69 Å². The van der Waals surface area contributed by atoms with Crippen LogP contribution in [0, 0.1) is 6.92 Å². The Balaban J connectivity index is 1.97. The van der Waals surface area contributed by atoms with Gasteiger partial charge in [-0.05, 0) is 38.1 Å². The number of fused-ring (bicyclic) bond motifs is 1. The number of imidazole rings is 1. The molecular weight excluding hydrogens is 354 g/mol. The van der Waals surface area contributed by atoms with Crippen LogP contribution in [0.1, 0.15) is 28.7 Å². The molecule has 7 heteroatoms. The number of nitrogens with zero attached hydrogens (tertiary/aromatic N) is 2. The van der Waals surface area contributed by atoms with Crippen LogP contribution in [0.5, 0.6) is 5.75 Å². The molecule has 3 rings (SSSR count). The average molecular weight is 374 g/mol. The number of esters is 1. The van der Waals surface area contributed by atoms with Crippen molar-refractivity contribution in [2.45, 2.75) is 20.4 Å². The van der Waals surface area contributed by atoms with Crippen molar-refractivity contribution >= 4 is 28.9 Å². The fraction of sp³-hybridized carbons (Fsp3) is 0.263. The highest BCUT2D eigenvalue weighted by atomic mass is 35.5. The van der Waals surface area contributed by atoms with Gasteiger partial charge in [-0.2, -0.15) is 0 Å². The lowest BCUT2D eigenvalue weighted by Crippen LogP contribution is -2.14. The van der Waals surface area contributed by atoms with Gasteiger partial charge < -0.3 is 14.8 Å². The lowest BCUT2D eigenvalue weighted by atomic mass is 10.2. The molecule has 0 atom stereocenters. The number of aromatic nitrogens is 2. The van der Waals surface area contributed by atoms with E-state index in [4.69, 9.17) is 21.1 Å². The summed E-state index contributed by atoms with van der Waals surface area (Å²) in [6.07, 6.45) is 1.82. The molecule has 0 saturated carbocycles. The van der Waals surface area contributed by atoms with E-state index in [2.05, 4.69) is 10.3 Å². The van der Waals surface area contributed by atoms with E-state index in [1.165, 1.54) is 0 Å². The molecule has 0 fully saturated rings. The fourth-order valence-corrected chi connectivity index (χ4v) is 2.95. The Hall–Kier alpha value is -2.73. The number of halogens is 1. The van der Waals surface area contributed by atoms with Crippen LogP contribution in [0.15, 0.2) is 36.5 Å². The Kier molecular flexibility index (Phi) is 5.32. The summed E-state index contributed by atoms with van der Waals surface area (Å²) in [6, 6.07) is 9.13. The molecule has 2 aromatic heterocycles. The first kappa shape index (κ1) is 18.1. The van der Waals surface area contributed by atoms with E-state index in [9.17, 15) is 4.79 Å². The Morgan fingerprint density at radius 2 is 2.12 bits per heavy atom. The summed E-state index contributed by atoms with van der Waals surface area (Å²) in [5, 5.41) is 3.90. The molecule has 1 N–H and O–H groups in total. The molecule has 0 amide bonds. The van der Waals surface area contributed by atoms with Crippen LogP contribution < -0.4 is 10.1 Å². The largest absolute Gasteiger partial charge is 0.496 e. The molecule has 0 spiro atoms. The zero-order valence-corrected chi connectivity index (χ0v) is 15.6. The molecule has 26 heavy (non-hydrogen) atoms. The predicted octanol–water partition coefficient (Wildman–Crippen LogP) is 4.09. The van der Waals surface area contributed by atoms with Gasteiger partial charge >= 0.3 is 5.97 Å². The van der Waals surface area contributed by atoms with Gasteiger partial charge in [-0.1, -0.05) is 17.7 Å². The number of aryl methyl sites for hydroxylation is 1. The van der Waals surface area contributed by atoms with E-state index in [1.54, 1.807) is 30.6 Å². The van der Waals surface area contributed by atoms with Crippen molar-refractivity contribution in [2.75, 3.05) is 19.0 Å². The van der Waals surface area contributed by atoms with E-state index in [0.29, 0.717) is 41.0 Å². The Morgan fingerprint density at radius 1 is 1.31 bits per heavy atom. The molecule has 6 nitrogen and oxygen atoms in total. The number of carbonyl (C=O) groups excluding carboxylic acids is 1. The molecule has 0 bridgehead atoms. The summed E-state index contributed by atoms with van der Waals surface area (Å²) in [4.78, 5) is 16.9. The van der Waals surface area contributed by atoms with Crippen LogP contribution in [0.2, 0.25) is 5.02 Å². The average Bonchev–Trinajstić information content (AvgIpc) is 3.00. The van der Waals surface area contributed by atoms with Crippen molar-refractivity contribution in [1.29, 1.82) is 0 Å². The zero-order valence-electron chi connectivity index (χ0n) is 14.9. The van der Waals surface area contributed by atoms with Crippen molar-refractivity contribution in [3.63, 3.8) is 0 Å². The highest BCUT2D eigenvalue weighted by Gasteiger charge is 2.18. The van der Waals surface area contributed by atoms with Crippen LogP contribution in [-0.2, 0) is 11.3 Å². The minimum Gasteiger partial charge on any atom is -0.496 e. The second-order valence-corrected chi connectivity index (χ2v) is 6.17. The van der Waals surface area contributed by atoms with Crippen molar-refractivity contribution in [1.82, 2.24) is 9.38 Å². The van der Waals surface area contributed by atoms with Crippen molar-refractivity contribution in [3.8, 4) is 5.75 Å².